The van der Waals surface area contributed by atoms with Crippen molar-refractivity contribution in [2.75, 3.05) is 19.5 Å². The van der Waals surface area contributed by atoms with Crippen molar-refractivity contribution in [3.8, 4) is 22.6 Å². The predicted octanol–water partition coefficient (Wildman–Crippen LogP) is 5.09. The quantitative estimate of drug-likeness (QED) is 0.516. The molecule has 3 aromatic rings. The van der Waals surface area contributed by atoms with Crippen LogP contribution in [0.4, 0.5) is 5.69 Å². The number of ether oxygens (including phenoxy) is 3. The van der Waals surface area contributed by atoms with Crippen LogP contribution in [0.5, 0.6) is 11.5 Å². The molecular formula is C28H32N2O5. The minimum absolute atomic E-state index is 0.208. The third-order valence-electron chi connectivity index (χ3n) is 5.82. The average molecular weight is 477 g/mol. The molecule has 4 rings (SSSR count). The molecule has 2 amide bonds. The highest BCUT2D eigenvalue weighted by Gasteiger charge is 2.30. The number of fused-ring (bicyclic) bond motifs is 3. The van der Waals surface area contributed by atoms with Gasteiger partial charge < -0.3 is 25.3 Å². The van der Waals surface area contributed by atoms with Crippen LogP contribution < -0.4 is 20.5 Å². The summed E-state index contributed by atoms with van der Waals surface area (Å²) in [7, 11) is 3.17. The monoisotopic (exact) mass is 476 g/mol. The van der Waals surface area contributed by atoms with Crippen molar-refractivity contribution in [3.05, 3.63) is 77.9 Å². The van der Waals surface area contributed by atoms with Crippen molar-refractivity contribution in [1.82, 2.24) is 0 Å². The first-order chi connectivity index (χ1) is 16.7. The molecule has 0 saturated carbocycles. The van der Waals surface area contributed by atoms with E-state index in [1.165, 1.54) is 7.11 Å². The van der Waals surface area contributed by atoms with Gasteiger partial charge in [0.15, 0.2) is 0 Å². The zero-order chi connectivity index (χ0) is 25.6. The van der Waals surface area contributed by atoms with E-state index in [2.05, 4.69) is 11.1 Å². The number of benzene rings is 3. The van der Waals surface area contributed by atoms with E-state index in [9.17, 15) is 9.59 Å². The van der Waals surface area contributed by atoms with Gasteiger partial charge in [-0.05, 0) is 49.7 Å². The van der Waals surface area contributed by atoms with Crippen LogP contribution in [-0.2, 0) is 14.3 Å². The van der Waals surface area contributed by atoms with Gasteiger partial charge >= 0.3 is 0 Å². The third-order valence-corrected chi connectivity index (χ3v) is 5.82. The van der Waals surface area contributed by atoms with Crippen molar-refractivity contribution in [1.29, 1.82) is 0 Å². The summed E-state index contributed by atoms with van der Waals surface area (Å²) in [6.07, 6.45) is 0.122. The van der Waals surface area contributed by atoms with E-state index < -0.39 is 5.60 Å². The zero-order valence-corrected chi connectivity index (χ0v) is 20.8. The molecule has 7 heteroatoms. The van der Waals surface area contributed by atoms with Gasteiger partial charge in [-0.3, -0.25) is 9.59 Å². The van der Waals surface area contributed by atoms with Gasteiger partial charge in [0.25, 0.3) is 5.91 Å². The molecule has 0 aliphatic carbocycles. The SMILES string of the molecule is CCC(N)=O.COc1cccc(C2Oc3ccccc3-c3ccc(NC(=O)C(C)(C)OC)cc32)c1. The number of primary amides is 1. The molecule has 0 aromatic heterocycles. The zero-order valence-electron chi connectivity index (χ0n) is 20.8. The van der Waals surface area contributed by atoms with Gasteiger partial charge in [0, 0.05) is 35.9 Å². The number of carbonyl (C=O) groups excluding carboxylic acids is 2. The maximum atomic E-state index is 12.6. The molecule has 0 saturated heterocycles. The van der Waals surface area contributed by atoms with Crippen molar-refractivity contribution >= 4 is 17.5 Å². The van der Waals surface area contributed by atoms with Crippen molar-refractivity contribution in [3.63, 3.8) is 0 Å². The number of para-hydroxylation sites is 1. The lowest BCUT2D eigenvalue weighted by molar-refractivity contribution is -0.133. The Balaban J connectivity index is 0.000000623. The van der Waals surface area contributed by atoms with Crippen LogP contribution in [0.25, 0.3) is 11.1 Å². The van der Waals surface area contributed by atoms with Crippen LogP contribution in [0.15, 0.2) is 66.7 Å². The molecule has 0 bridgehead atoms. The molecule has 0 radical (unpaired) electrons. The summed E-state index contributed by atoms with van der Waals surface area (Å²) in [4.78, 5) is 22.2. The highest BCUT2D eigenvalue weighted by atomic mass is 16.5. The Bertz CT molecular complexity index is 1210. The van der Waals surface area contributed by atoms with Gasteiger partial charge in [0.05, 0.1) is 7.11 Å². The molecule has 1 unspecified atom stereocenters. The summed E-state index contributed by atoms with van der Waals surface area (Å²) in [5.74, 6) is 1.14. The fraction of sp³-hybridized carbons (Fsp3) is 0.286. The molecule has 7 nitrogen and oxygen atoms in total. The van der Waals surface area contributed by atoms with Gasteiger partial charge in [-0.15, -0.1) is 0 Å². The number of methoxy groups -OCH3 is 2. The van der Waals surface area contributed by atoms with Crippen molar-refractivity contribution < 1.29 is 23.8 Å². The van der Waals surface area contributed by atoms with E-state index in [-0.39, 0.29) is 17.9 Å². The molecular weight excluding hydrogens is 444 g/mol. The van der Waals surface area contributed by atoms with Crippen LogP contribution in [-0.4, -0.2) is 31.6 Å². The Morgan fingerprint density at radius 2 is 1.71 bits per heavy atom. The van der Waals surface area contributed by atoms with Crippen molar-refractivity contribution in [2.45, 2.75) is 38.9 Å². The smallest absolute Gasteiger partial charge is 0.256 e. The Morgan fingerprint density at radius 3 is 2.37 bits per heavy atom. The highest BCUT2D eigenvalue weighted by Crippen LogP contribution is 2.45. The molecule has 35 heavy (non-hydrogen) atoms. The molecule has 3 aromatic carbocycles. The standard InChI is InChI=1S/C25H25NO4.C3H7NO/c1-25(2,29-4)24(27)26-17-12-13-19-20-10-5-6-11-22(20)30-23(21(19)15-17)16-8-7-9-18(14-16)28-3;1-2-3(4)5/h5-15,23H,1-4H3,(H,26,27);2H2,1H3,(H2,4,5). The first kappa shape index (κ1) is 25.8. The Labute approximate surface area is 206 Å². The lowest BCUT2D eigenvalue weighted by Crippen LogP contribution is -2.38. The fourth-order valence-corrected chi connectivity index (χ4v) is 3.51. The van der Waals surface area contributed by atoms with E-state index in [0.29, 0.717) is 12.1 Å². The summed E-state index contributed by atoms with van der Waals surface area (Å²) < 4.78 is 17.1. The van der Waals surface area contributed by atoms with Crippen molar-refractivity contribution in [2.24, 2.45) is 5.73 Å². The molecule has 184 valence electrons. The summed E-state index contributed by atoms with van der Waals surface area (Å²) in [5.41, 5.74) is 8.49. The van der Waals surface area contributed by atoms with Gasteiger partial charge in [-0.25, -0.2) is 0 Å². The van der Waals surface area contributed by atoms with Crippen LogP contribution in [0.1, 0.15) is 44.4 Å². The summed E-state index contributed by atoms with van der Waals surface area (Å²) in [5, 5.41) is 2.96. The first-order valence-corrected chi connectivity index (χ1v) is 11.4. The van der Waals surface area contributed by atoms with Crippen LogP contribution in [0, 0.1) is 0 Å². The van der Waals surface area contributed by atoms with Crippen LogP contribution in [0.3, 0.4) is 0 Å². The molecule has 3 N–H and O–H groups in total. The maximum absolute atomic E-state index is 12.6. The number of hydrogen-bond acceptors (Lipinski definition) is 5. The van der Waals surface area contributed by atoms with Gasteiger partial charge in [0.1, 0.15) is 23.2 Å². The maximum Gasteiger partial charge on any atom is 0.256 e. The molecule has 0 fully saturated rings. The van der Waals surface area contributed by atoms with E-state index in [1.54, 1.807) is 27.9 Å². The van der Waals surface area contributed by atoms with Gasteiger partial charge in [0.2, 0.25) is 5.91 Å². The van der Waals surface area contributed by atoms with Gasteiger partial charge in [-0.2, -0.15) is 0 Å². The van der Waals surface area contributed by atoms with E-state index in [1.807, 2.05) is 66.7 Å². The summed E-state index contributed by atoms with van der Waals surface area (Å²) in [6.45, 7) is 5.20. The molecule has 1 atom stereocenters. The number of rotatable bonds is 6. The first-order valence-electron chi connectivity index (χ1n) is 11.4. The largest absolute Gasteiger partial charge is 0.497 e. The summed E-state index contributed by atoms with van der Waals surface area (Å²) in [6, 6.07) is 21.7. The predicted molar refractivity (Wildman–Crippen MR) is 137 cm³/mol. The number of hydrogen-bond donors (Lipinski definition) is 2. The highest BCUT2D eigenvalue weighted by molar-refractivity contribution is 5.97. The van der Waals surface area contributed by atoms with Crippen LogP contribution >= 0.6 is 0 Å². The number of nitrogens with two attached hydrogens (primary N) is 1. The molecule has 0 spiro atoms. The average Bonchev–Trinajstić information content (AvgIpc) is 2.88. The summed E-state index contributed by atoms with van der Waals surface area (Å²) >= 11 is 0. The Hall–Kier alpha value is -3.84. The number of anilines is 1. The molecule has 1 aliphatic rings. The Kier molecular flexibility index (Phi) is 8.14. The van der Waals surface area contributed by atoms with E-state index in [0.717, 1.165) is 33.8 Å². The van der Waals surface area contributed by atoms with E-state index in [4.69, 9.17) is 14.2 Å². The molecule has 1 heterocycles. The minimum atomic E-state index is -0.925. The fourth-order valence-electron chi connectivity index (χ4n) is 3.51. The lowest BCUT2D eigenvalue weighted by Gasteiger charge is -2.30. The lowest BCUT2D eigenvalue weighted by atomic mass is 9.89. The molecule has 1 aliphatic heterocycles. The van der Waals surface area contributed by atoms with Crippen LogP contribution in [0.2, 0.25) is 0 Å². The normalized spacial score (nSPS) is 13.8. The third kappa shape index (κ3) is 6.00. The van der Waals surface area contributed by atoms with E-state index >= 15 is 0 Å². The topological polar surface area (TPSA) is 99.9 Å². The minimum Gasteiger partial charge on any atom is -0.497 e. The second kappa shape index (κ2) is 11.1. The number of carbonyl (C=O) groups is 2. The Morgan fingerprint density at radius 1 is 1.00 bits per heavy atom. The number of nitrogens with one attached hydrogen (secondary N) is 1. The van der Waals surface area contributed by atoms with Gasteiger partial charge in [-0.1, -0.05) is 43.3 Å². The second-order valence-corrected chi connectivity index (χ2v) is 8.56. The number of amides is 2. The second-order valence-electron chi connectivity index (χ2n) is 8.56.